The molecule has 0 aliphatic carbocycles. The van der Waals surface area contributed by atoms with Crippen molar-refractivity contribution in [2.45, 2.75) is 30.5 Å². The number of para-hydroxylation sites is 1. The zero-order valence-corrected chi connectivity index (χ0v) is 21.7. The van der Waals surface area contributed by atoms with Crippen LogP contribution < -0.4 is 9.64 Å². The van der Waals surface area contributed by atoms with Crippen LogP contribution in [0.2, 0.25) is 0 Å². The number of rotatable bonds is 8. The van der Waals surface area contributed by atoms with Gasteiger partial charge in [0, 0.05) is 12.1 Å². The lowest BCUT2D eigenvalue weighted by molar-refractivity contribution is -0.121. The van der Waals surface area contributed by atoms with Gasteiger partial charge in [-0.1, -0.05) is 23.9 Å². The Morgan fingerprint density at radius 3 is 2.53 bits per heavy atom. The molecule has 1 unspecified atom stereocenters. The van der Waals surface area contributed by atoms with E-state index in [9.17, 15) is 24.4 Å². The van der Waals surface area contributed by atoms with E-state index in [-0.39, 0.29) is 12.0 Å². The molecule has 1 atom stereocenters. The Bertz CT molecular complexity index is 1480. The molecule has 192 valence electrons. The number of methoxy groups -OCH3 is 1. The minimum atomic E-state index is -0.728. The number of imide groups is 1. The van der Waals surface area contributed by atoms with Crippen LogP contribution in [0.4, 0.5) is 5.69 Å². The highest BCUT2D eigenvalue weighted by Gasteiger charge is 2.41. The average molecular weight is 530 g/mol. The number of anilines is 1. The maximum Gasteiger partial charge on any atom is 0.338 e. The number of hydrogen-bond donors (Lipinski definition) is 0. The summed E-state index contributed by atoms with van der Waals surface area (Å²) in [6, 6.07) is 16.3. The third-order valence-corrected chi connectivity index (χ3v) is 7.06. The maximum atomic E-state index is 13.1. The van der Waals surface area contributed by atoms with Gasteiger partial charge in [-0.15, -0.1) is 0 Å². The van der Waals surface area contributed by atoms with Crippen molar-refractivity contribution in [3.8, 4) is 11.8 Å². The number of benzene rings is 2. The number of ketones is 1. The lowest BCUT2D eigenvalue weighted by atomic mass is 10.1. The number of thioether (sulfide) groups is 1. The Labute approximate surface area is 223 Å². The Hall–Kier alpha value is -4.49. The number of Topliss-reactive ketones (excluding diaryl/α,β-unsaturated/α-hetero) is 1. The van der Waals surface area contributed by atoms with Crippen LogP contribution in [0.1, 0.15) is 44.0 Å². The van der Waals surface area contributed by atoms with Gasteiger partial charge in [0.2, 0.25) is 17.6 Å². The number of hydrogen-bond acceptors (Lipinski definition) is 9. The molecule has 2 aromatic carbocycles. The molecule has 9 nitrogen and oxygen atoms in total. The summed E-state index contributed by atoms with van der Waals surface area (Å²) in [5, 5.41) is 9.19. The SMILES string of the molecule is COc1ccccc1C(=O)COC(=O)c1ccc(N2C(=O)CC(Sc3nc(C)cc(C)c3C#N)C2=O)cc1. The Balaban J connectivity index is 1.42. The predicted molar refractivity (Wildman–Crippen MR) is 139 cm³/mol. The van der Waals surface area contributed by atoms with E-state index in [0.29, 0.717) is 33.3 Å². The van der Waals surface area contributed by atoms with Gasteiger partial charge in [0.1, 0.15) is 16.8 Å². The summed E-state index contributed by atoms with van der Waals surface area (Å²) < 4.78 is 10.3. The molecule has 2 amide bonds. The van der Waals surface area contributed by atoms with Crippen molar-refractivity contribution < 1.29 is 28.7 Å². The summed E-state index contributed by atoms with van der Waals surface area (Å²) in [4.78, 5) is 56.2. The van der Waals surface area contributed by atoms with E-state index in [4.69, 9.17) is 9.47 Å². The molecule has 1 fully saturated rings. The fourth-order valence-electron chi connectivity index (χ4n) is 4.04. The molecule has 10 heteroatoms. The van der Waals surface area contributed by atoms with Crippen molar-refractivity contribution in [2.75, 3.05) is 18.6 Å². The number of carbonyl (C=O) groups is 4. The first kappa shape index (κ1) is 26.6. The second-order valence-corrected chi connectivity index (χ2v) is 9.69. The van der Waals surface area contributed by atoms with Gasteiger partial charge in [-0.05, 0) is 61.9 Å². The molecular weight excluding hydrogens is 506 g/mol. The topological polar surface area (TPSA) is 127 Å². The molecule has 0 N–H and O–H groups in total. The van der Waals surface area contributed by atoms with Crippen LogP contribution in [0.15, 0.2) is 59.6 Å². The largest absolute Gasteiger partial charge is 0.496 e. The first-order chi connectivity index (χ1) is 18.2. The smallest absolute Gasteiger partial charge is 0.338 e. The van der Waals surface area contributed by atoms with E-state index < -0.39 is 35.4 Å². The van der Waals surface area contributed by atoms with Crippen molar-refractivity contribution in [2.24, 2.45) is 0 Å². The Kier molecular flexibility index (Phi) is 7.88. The molecule has 0 spiro atoms. The minimum absolute atomic E-state index is 0.0438. The quantitative estimate of drug-likeness (QED) is 0.241. The lowest BCUT2D eigenvalue weighted by Crippen LogP contribution is -2.31. The first-order valence-corrected chi connectivity index (χ1v) is 12.5. The van der Waals surface area contributed by atoms with Crippen LogP contribution in [0, 0.1) is 25.2 Å². The molecule has 4 rings (SSSR count). The zero-order chi connectivity index (χ0) is 27.4. The van der Waals surface area contributed by atoms with Crippen molar-refractivity contribution in [3.05, 3.63) is 82.5 Å². The number of pyridine rings is 1. The summed E-state index contributed by atoms with van der Waals surface area (Å²) in [5.74, 6) is -1.58. The number of aromatic nitrogens is 1. The number of nitrogens with zero attached hydrogens (tertiary/aromatic N) is 3. The fraction of sp³-hybridized carbons (Fsp3) is 0.214. The normalized spacial score (nSPS) is 14.8. The van der Waals surface area contributed by atoms with Gasteiger partial charge < -0.3 is 9.47 Å². The summed E-state index contributed by atoms with van der Waals surface area (Å²) in [7, 11) is 1.44. The predicted octanol–water partition coefficient (Wildman–Crippen LogP) is 4.04. The molecule has 0 radical (unpaired) electrons. The van der Waals surface area contributed by atoms with E-state index in [1.807, 2.05) is 0 Å². The summed E-state index contributed by atoms with van der Waals surface area (Å²) in [6.45, 7) is 3.12. The molecule has 1 saturated heterocycles. The van der Waals surface area contributed by atoms with Gasteiger partial charge in [0.25, 0.3) is 0 Å². The van der Waals surface area contributed by atoms with Crippen molar-refractivity contribution in [1.82, 2.24) is 4.98 Å². The van der Waals surface area contributed by atoms with Crippen LogP contribution in [-0.2, 0) is 14.3 Å². The molecule has 3 aromatic rings. The summed E-state index contributed by atoms with van der Waals surface area (Å²) >= 11 is 1.10. The van der Waals surface area contributed by atoms with Crippen LogP contribution in [0.3, 0.4) is 0 Å². The molecule has 1 aliphatic heterocycles. The number of ether oxygens (including phenoxy) is 2. The van der Waals surface area contributed by atoms with E-state index in [1.165, 1.54) is 31.4 Å². The number of amides is 2. The highest BCUT2D eigenvalue weighted by Crippen LogP contribution is 2.35. The molecule has 0 saturated carbocycles. The molecule has 38 heavy (non-hydrogen) atoms. The van der Waals surface area contributed by atoms with Gasteiger partial charge in [0.05, 0.1) is 34.7 Å². The summed E-state index contributed by atoms with van der Waals surface area (Å²) in [5.41, 5.74) is 2.61. The van der Waals surface area contributed by atoms with Gasteiger partial charge in [-0.3, -0.25) is 14.4 Å². The summed E-state index contributed by atoms with van der Waals surface area (Å²) in [6.07, 6.45) is -0.0438. The van der Waals surface area contributed by atoms with E-state index in [0.717, 1.165) is 22.2 Å². The van der Waals surface area contributed by atoms with E-state index in [1.54, 1.807) is 44.2 Å². The average Bonchev–Trinajstić information content (AvgIpc) is 3.19. The van der Waals surface area contributed by atoms with Gasteiger partial charge in [-0.25, -0.2) is 14.7 Å². The Morgan fingerprint density at radius 1 is 1.13 bits per heavy atom. The van der Waals surface area contributed by atoms with Gasteiger partial charge >= 0.3 is 5.97 Å². The molecule has 2 heterocycles. The van der Waals surface area contributed by atoms with Crippen molar-refractivity contribution >= 4 is 41.0 Å². The first-order valence-electron chi connectivity index (χ1n) is 11.6. The number of aryl methyl sites for hydroxylation is 2. The molecule has 1 aromatic heterocycles. The van der Waals surface area contributed by atoms with Gasteiger partial charge in [-0.2, -0.15) is 5.26 Å². The Morgan fingerprint density at radius 2 is 1.84 bits per heavy atom. The number of esters is 1. The van der Waals surface area contributed by atoms with Crippen LogP contribution >= 0.6 is 11.8 Å². The van der Waals surface area contributed by atoms with Crippen molar-refractivity contribution in [1.29, 1.82) is 5.26 Å². The second kappa shape index (κ2) is 11.3. The van der Waals surface area contributed by atoms with E-state index in [2.05, 4.69) is 11.1 Å². The van der Waals surface area contributed by atoms with Crippen LogP contribution in [0.5, 0.6) is 5.75 Å². The zero-order valence-electron chi connectivity index (χ0n) is 20.9. The van der Waals surface area contributed by atoms with Crippen LogP contribution in [-0.4, -0.2) is 47.5 Å². The monoisotopic (exact) mass is 529 g/mol. The fourth-order valence-corrected chi connectivity index (χ4v) is 5.26. The third kappa shape index (κ3) is 5.43. The highest BCUT2D eigenvalue weighted by atomic mass is 32.2. The molecule has 0 bridgehead atoms. The molecular formula is C28H23N3O6S. The van der Waals surface area contributed by atoms with Crippen LogP contribution in [0.25, 0.3) is 0 Å². The van der Waals surface area contributed by atoms with Gasteiger partial charge in [0.15, 0.2) is 6.61 Å². The standard InChI is InChI=1S/C28H23N3O6S/c1-16-12-17(2)30-26(21(16)14-29)38-24-13-25(33)31(27(24)34)19-10-8-18(9-11-19)28(35)37-15-22(32)20-6-4-5-7-23(20)36-3/h4-12,24H,13,15H2,1-3H3. The highest BCUT2D eigenvalue weighted by molar-refractivity contribution is 8.00. The minimum Gasteiger partial charge on any atom is -0.496 e. The van der Waals surface area contributed by atoms with E-state index >= 15 is 0 Å². The number of nitriles is 1. The lowest BCUT2D eigenvalue weighted by Gasteiger charge is -2.16. The number of carbonyl (C=O) groups excluding carboxylic acids is 4. The molecule has 1 aliphatic rings. The second-order valence-electron chi connectivity index (χ2n) is 8.50. The van der Waals surface area contributed by atoms with Crippen molar-refractivity contribution in [3.63, 3.8) is 0 Å². The maximum absolute atomic E-state index is 13.1. The third-order valence-electron chi connectivity index (χ3n) is 5.89.